The first-order chi connectivity index (χ1) is 14.5. The number of amides is 1. The van der Waals surface area contributed by atoms with Crippen LogP contribution in [0.3, 0.4) is 0 Å². The van der Waals surface area contributed by atoms with Gasteiger partial charge in [-0.2, -0.15) is 9.61 Å². The van der Waals surface area contributed by atoms with Gasteiger partial charge < -0.3 is 9.64 Å². The number of anilines is 2. The fourth-order valence-electron chi connectivity index (χ4n) is 3.34. The molecule has 31 heavy (non-hydrogen) atoms. The molecule has 0 spiro atoms. The lowest BCUT2D eigenvalue weighted by molar-refractivity contribution is 0.0575. The quantitative estimate of drug-likeness (QED) is 0.486. The van der Waals surface area contributed by atoms with E-state index in [0.717, 1.165) is 16.8 Å². The normalized spacial score (nSPS) is 11.8. The van der Waals surface area contributed by atoms with Crippen LogP contribution < -0.4 is 9.80 Å². The second-order valence-corrected chi connectivity index (χ2v) is 9.40. The summed E-state index contributed by atoms with van der Waals surface area (Å²) in [6.45, 7) is 9.95. The smallest absolute Gasteiger partial charge is 0.416 e. The first-order valence-corrected chi connectivity index (χ1v) is 10.7. The third kappa shape index (κ3) is 5.10. The van der Waals surface area contributed by atoms with E-state index >= 15 is 0 Å². The van der Waals surface area contributed by atoms with Gasteiger partial charge in [0, 0.05) is 31.4 Å². The first kappa shape index (κ1) is 22.9. The Kier molecular flexibility index (Phi) is 6.46. The van der Waals surface area contributed by atoms with Gasteiger partial charge >= 0.3 is 6.09 Å². The van der Waals surface area contributed by atoms with E-state index in [-0.39, 0.29) is 12.5 Å². The molecule has 0 N–H and O–H groups in total. The monoisotopic (exact) mass is 443 g/mol. The summed E-state index contributed by atoms with van der Waals surface area (Å²) in [4.78, 5) is 21.4. The molecule has 0 unspecified atom stereocenters. The summed E-state index contributed by atoms with van der Waals surface area (Å²) < 4.78 is 7.39. The number of halogens is 1. The first-order valence-electron chi connectivity index (χ1n) is 10.3. The fourth-order valence-corrected chi connectivity index (χ4v) is 3.52. The lowest BCUT2D eigenvalue weighted by Crippen LogP contribution is -2.38. The Morgan fingerprint density at radius 2 is 1.90 bits per heavy atom. The van der Waals surface area contributed by atoms with Crippen molar-refractivity contribution in [2.45, 2.75) is 52.7 Å². The van der Waals surface area contributed by atoms with Crippen LogP contribution in [-0.2, 0) is 11.3 Å². The minimum atomic E-state index is -0.653. The number of benzene rings is 1. The molecular weight excluding hydrogens is 414 g/mol. The number of carbonyl (C=O) groups is 1. The van der Waals surface area contributed by atoms with Crippen LogP contribution in [0.2, 0.25) is 5.15 Å². The van der Waals surface area contributed by atoms with Crippen molar-refractivity contribution in [2.24, 2.45) is 0 Å². The second kappa shape index (κ2) is 8.75. The van der Waals surface area contributed by atoms with E-state index in [4.69, 9.17) is 16.3 Å². The zero-order valence-electron chi connectivity index (χ0n) is 19.2. The number of para-hydroxylation sites is 1. The molecule has 2 aromatic heterocycles. The van der Waals surface area contributed by atoms with Gasteiger partial charge in [0.2, 0.25) is 0 Å². The molecule has 1 aromatic carbocycles. The van der Waals surface area contributed by atoms with Gasteiger partial charge in [-0.3, -0.25) is 4.90 Å². The van der Waals surface area contributed by atoms with Crippen molar-refractivity contribution in [3.8, 4) is 0 Å². The van der Waals surface area contributed by atoms with Gasteiger partial charge in [-0.25, -0.2) is 9.78 Å². The van der Waals surface area contributed by atoms with E-state index in [1.54, 1.807) is 21.7 Å². The molecule has 2 heterocycles. The van der Waals surface area contributed by atoms with Crippen molar-refractivity contribution in [1.29, 1.82) is 0 Å². The number of hydrogen-bond donors (Lipinski definition) is 0. The van der Waals surface area contributed by atoms with Crippen LogP contribution in [0.4, 0.5) is 16.3 Å². The highest BCUT2D eigenvalue weighted by Crippen LogP contribution is 2.29. The van der Waals surface area contributed by atoms with Gasteiger partial charge in [0.1, 0.15) is 16.6 Å². The van der Waals surface area contributed by atoms with Crippen LogP contribution in [0.25, 0.3) is 5.65 Å². The minimum absolute atomic E-state index is 0.209. The molecule has 0 saturated heterocycles. The fraction of sp³-hybridized carbons (Fsp3) is 0.435. The summed E-state index contributed by atoms with van der Waals surface area (Å²) in [6, 6.07) is 9.59. The van der Waals surface area contributed by atoms with E-state index in [1.807, 2.05) is 64.0 Å². The number of aromatic nitrogens is 3. The third-order valence-electron chi connectivity index (χ3n) is 4.76. The van der Waals surface area contributed by atoms with Crippen molar-refractivity contribution in [2.75, 3.05) is 23.9 Å². The van der Waals surface area contributed by atoms with Gasteiger partial charge in [0.25, 0.3) is 0 Å². The van der Waals surface area contributed by atoms with E-state index in [1.165, 1.54) is 0 Å². The maximum absolute atomic E-state index is 13.3. The maximum atomic E-state index is 13.3. The lowest BCUT2D eigenvalue weighted by atomic mass is 10.1. The summed E-state index contributed by atoms with van der Waals surface area (Å²) >= 11 is 6.38. The molecule has 0 atom stereocenters. The SMILES string of the molecule is CC(C)c1cnn2c(N(Cc3ccccc3N(C)C)C(=O)OC(C)(C)C)cc(Cl)nc12. The van der Waals surface area contributed by atoms with Crippen LogP contribution in [-0.4, -0.2) is 40.4 Å². The largest absolute Gasteiger partial charge is 0.443 e. The number of fused-ring (bicyclic) bond motifs is 1. The van der Waals surface area contributed by atoms with Crippen LogP contribution in [0.1, 0.15) is 51.7 Å². The number of rotatable bonds is 5. The summed E-state index contributed by atoms with van der Waals surface area (Å²) in [5, 5.41) is 4.81. The Balaban J connectivity index is 2.17. The Hall–Kier alpha value is -2.80. The molecule has 166 valence electrons. The zero-order valence-corrected chi connectivity index (χ0v) is 19.9. The van der Waals surface area contributed by atoms with Gasteiger partial charge in [0.15, 0.2) is 5.65 Å². The summed E-state index contributed by atoms with van der Waals surface area (Å²) in [7, 11) is 3.95. The van der Waals surface area contributed by atoms with Crippen molar-refractivity contribution in [3.05, 3.63) is 52.8 Å². The number of carbonyl (C=O) groups excluding carboxylic acids is 1. The van der Waals surface area contributed by atoms with Gasteiger partial charge in [-0.05, 0) is 38.3 Å². The predicted molar refractivity (Wildman–Crippen MR) is 125 cm³/mol. The average molecular weight is 444 g/mol. The van der Waals surface area contributed by atoms with E-state index < -0.39 is 11.7 Å². The third-order valence-corrected chi connectivity index (χ3v) is 4.96. The van der Waals surface area contributed by atoms with Crippen LogP contribution in [0, 0.1) is 0 Å². The molecule has 0 fully saturated rings. The molecule has 0 radical (unpaired) electrons. The summed E-state index contributed by atoms with van der Waals surface area (Å²) in [6.07, 6.45) is 1.29. The average Bonchev–Trinajstić information content (AvgIpc) is 3.08. The highest BCUT2D eigenvalue weighted by molar-refractivity contribution is 6.29. The van der Waals surface area contributed by atoms with E-state index in [0.29, 0.717) is 16.6 Å². The Labute approximate surface area is 188 Å². The van der Waals surface area contributed by atoms with Gasteiger partial charge in [0.05, 0.1) is 12.7 Å². The molecule has 0 aliphatic rings. The van der Waals surface area contributed by atoms with Gasteiger partial charge in [-0.1, -0.05) is 43.6 Å². The maximum Gasteiger partial charge on any atom is 0.416 e. The van der Waals surface area contributed by atoms with Crippen molar-refractivity contribution in [1.82, 2.24) is 14.6 Å². The highest BCUT2D eigenvalue weighted by Gasteiger charge is 2.28. The van der Waals surface area contributed by atoms with E-state index in [2.05, 4.69) is 23.9 Å². The summed E-state index contributed by atoms with van der Waals surface area (Å²) in [5.41, 5.74) is 2.92. The van der Waals surface area contributed by atoms with Crippen LogP contribution in [0.15, 0.2) is 36.5 Å². The standard InChI is InChI=1S/C23H30ClN5O2/c1-15(2)17-13-25-29-20(12-19(24)26-21(17)29)28(22(30)31-23(3,4)5)14-16-10-8-9-11-18(16)27(6)7/h8-13,15H,14H2,1-7H3. The Morgan fingerprint density at radius 3 is 2.52 bits per heavy atom. The number of ether oxygens (including phenoxy) is 1. The molecule has 8 heteroatoms. The molecule has 1 amide bonds. The number of hydrogen-bond acceptors (Lipinski definition) is 5. The zero-order chi connectivity index (χ0) is 22.9. The number of nitrogens with zero attached hydrogens (tertiary/aromatic N) is 5. The molecule has 0 aliphatic carbocycles. The van der Waals surface area contributed by atoms with Crippen molar-refractivity contribution < 1.29 is 9.53 Å². The highest BCUT2D eigenvalue weighted by atomic mass is 35.5. The minimum Gasteiger partial charge on any atom is -0.443 e. The van der Waals surface area contributed by atoms with E-state index in [9.17, 15) is 4.79 Å². The molecular formula is C23H30ClN5O2. The topological polar surface area (TPSA) is 63.0 Å². The predicted octanol–water partition coefficient (Wildman–Crippen LogP) is 5.51. The Bertz CT molecular complexity index is 1090. The van der Waals surface area contributed by atoms with Crippen molar-refractivity contribution in [3.63, 3.8) is 0 Å². The van der Waals surface area contributed by atoms with Crippen LogP contribution >= 0.6 is 11.6 Å². The van der Waals surface area contributed by atoms with Gasteiger partial charge in [-0.15, -0.1) is 0 Å². The lowest BCUT2D eigenvalue weighted by Gasteiger charge is -2.29. The van der Waals surface area contributed by atoms with Crippen molar-refractivity contribution >= 4 is 34.8 Å². The second-order valence-electron chi connectivity index (χ2n) is 9.02. The molecule has 0 saturated carbocycles. The molecule has 3 aromatic rings. The van der Waals surface area contributed by atoms with Crippen LogP contribution in [0.5, 0.6) is 0 Å². The molecule has 7 nitrogen and oxygen atoms in total. The molecule has 0 bridgehead atoms. The molecule has 3 rings (SSSR count). The molecule has 0 aliphatic heterocycles. The summed E-state index contributed by atoms with van der Waals surface area (Å²) in [5.74, 6) is 0.713. The Morgan fingerprint density at radius 1 is 1.23 bits per heavy atom.